The molecule has 0 aromatic rings. The van der Waals surface area contributed by atoms with Gasteiger partial charge in [0, 0.05) is 13.1 Å². The standard InChI is InChI=1S/C9H19NO.CH4.FH/c1-9(2)3-4-10-5-7-11-8-6-10;;/h9H,3-8H2,1-2H3;1H4;1H/i/hT. The van der Waals surface area contributed by atoms with Crippen LogP contribution in [0.2, 0.25) is 0 Å². The first-order valence-corrected chi connectivity index (χ1v) is 4.59. The van der Waals surface area contributed by atoms with E-state index >= 15 is 0 Å². The lowest BCUT2D eigenvalue weighted by Gasteiger charge is -2.26. The van der Waals surface area contributed by atoms with Crippen molar-refractivity contribution >= 4 is 0 Å². The zero-order valence-corrected chi connectivity index (χ0v) is 8.05. The van der Waals surface area contributed by atoms with Crippen molar-refractivity contribution in [1.29, 1.82) is 1.45 Å². The Labute approximate surface area is 83.1 Å². The Bertz CT molecular complexity index is 108. The second-order valence-electron chi connectivity index (χ2n) is 3.64. The molecule has 0 aromatic heterocycles. The van der Waals surface area contributed by atoms with Crippen molar-refractivity contribution in [2.75, 3.05) is 32.8 Å². The van der Waals surface area contributed by atoms with E-state index in [1.54, 1.807) is 0 Å². The topological polar surface area (TPSA) is 12.5 Å². The zero-order valence-electron chi connectivity index (χ0n) is 9.05. The highest BCUT2D eigenvalue weighted by Gasteiger charge is 2.09. The molecule has 0 unspecified atom stereocenters. The van der Waals surface area contributed by atoms with Crippen LogP contribution >= 0.6 is 0 Å². The van der Waals surface area contributed by atoms with Crippen LogP contribution in [0.25, 0.3) is 0 Å². The minimum atomic E-state index is 0. The number of halogens is 1. The highest BCUT2D eigenvalue weighted by molar-refractivity contribution is 4.62. The average molecular weight is 195 g/mol. The molecule has 0 radical (unpaired) electrons. The van der Waals surface area contributed by atoms with Gasteiger partial charge in [0.1, 0.15) is 0 Å². The Morgan fingerprint density at radius 2 is 1.92 bits per heavy atom. The van der Waals surface area contributed by atoms with Crippen molar-refractivity contribution in [3.8, 4) is 0 Å². The molecule has 0 amide bonds. The molecular formula is C10H24FNO. The summed E-state index contributed by atoms with van der Waals surface area (Å²) in [6.07, 6.45) is 1.32. The van der Waals surface area contributed by atoms with E-state index < -0.39 is 0 Å². The van der Waals surface area contributed by atoms with Gasteiger partial charge in [-0.2, -0.15) is 0 Å². The summed E-state index contributed by atoms with van der Waals surface area (Å²) in [5.74, 6) is 0.831. The van der Waals surface area contributed by atoms with Gasteiger partial charge in [-0.25, -0.2) is 0 Å². The lowest BCUT2D eigenvalue weighted by molar-refractivity contribution is 0.0360. The summed E-state index contributed by atoms with van der Waals surface area (Å²) in [6, 6.07) is 0. The SMILES string of the molecule is C.CC(C)CCN1CCOCC1.[3H]F. The molecule has 0 spiro atoms. The molecule has 0 atom stereocenters. The van der Waals surface area contributed by atoms with E-state index in [2.05, 4.69) is 20.2 Å². The minimum absolute atomic E-state index is 0. The van der Waals surface area contributed by atoms with E-state index in [0.29, 0.717) is 0 Å². The molecule has 82 valence electrons. The minimum Gasteiger partial charge on any atom is -0.379 e. The quantitative estimate of drug-likeness (QED) is 0.684. The summed E-state index contributed by atoms with van der Waals surface area (Å²) in [7, 11) is 0. The molecule has 0 saturated carbocycles. The van der Waals surface area contributed by atoms with Gasteiger partial charge in [-0.15, -0.1) is 0 Å². The molecule has 1 rings (SSSR count). The van der Waals surface area contributed by atoms with Gasteiger partial charge in [0.15, 0.2) is 0 Å². The normalized spacial score (nSPS) is 18.3. The zero-order chi connectivity index (χ0) is 10.1. The fourth-order valence-corrected chi connectivity index (χ4v) is 1.27. The third kappa shape index (κ3) is 6.96. The summed E-state index contributed by atoms with van der Waals surface area (Å²) in [5, 5.41) is 0. The van der Waals surface area contributed by atoms with Gasteiger partial charge in [-0.3, -0.25) is 9.62 Å². The molecular weight excluding hydrogens is 169 g/mol. The van der Waals surface area contributed by atoms with E-state index in [4.69, 9.17) is 9.45 Å². The Balaban J connectivity index is 0. The van der Waals surface area contributed by atoms with Crippen LogP contribution in [-0.2, 0) is 4.74 Å². The summed E-state index contributed by atoms with van der Waals surface area (Å²) < 4.78 is 18.3. The Morgan fingerprint density at radius 3 is 2.38 bits per heavy atom. The Hall–Kier alpha value is -0.150. The Kier molecular flexibility index (Phi) is 8.35. The van der Waals surface area contributed by atoms with Crippen LogP contribution in [0.4, 0.5) is 4.72 Å². The molecule has 0 bridgehead atoms. The molecule has 1 aliphatic heterocycles. The highest BCUT2D eigenvalue weighted by atomic mass is 19.0. The highest BCUT2D eigenvalue weighted by Crippen LogP contribution is 2.03. The van der Waals surface area contributed by atoms with E-state index in [-0.39, 0.29) is 7.43 Å². The van der Waals surface area contributed by atoms with Gasteiger partial charge < -0.3 is 4.74 Å². The first-order chi connectivity index (χ1) is 6.29. The smallest absolute Gasteiger partial charge is 0.269 e. The molecule has 3 heteroatoms. The predicted octanol–water partition coefficient (Wildman–Crippen LogP) is 2.15. The number of hydrogen-bond donors (Lipinski definition) is 0. The van der Waals surface area contributed by atoms with E-state index in [0.717, 1.165) is 32.2 Å². The lowest BCUT2D eigenvalue weighted by Crippen LogP contribution is -2.37. The molecule has 13 heavy (non-hydrogen) atoms. The van der Waals surface area contributed by atoms with Crippen molar-refractivity contribution < 1.29 is 9.45 Å². The van der Waals surface area contributed by atoms with E-state index in [1.165, 1.54) is 13.0 Å². The third-order valence-electron chi connectivity index (χ3n) is 2.13. The average Bonchev–Trinajstić information content (AvgIpc) is 2.19. The van der Waals surface area contributed by atoms with Crippen LogP contribution in [0, 0.1) is 5.92 Å². The molecule has 0 aromatic carbocycles. The van der Waals surface area contributed by atoms with Gasteiger partial charge in [-0.05, 0) is 18.9 Å². The number of ether oxygens (including phenoxy) is 1. The fourth-order valence-electron chi connectivity index (χ4n) is 1.27. The number of hydrogen-bond acceptors (Lipinski definition) is 2. The molecule has 1 heterocycles. The molecule has 2 nitrogen and oxygen atoms in total. The van der Waals surface area contributed by atoms with Gasteiger partial charge in [0.2, 0.25) is 0 Å². The van der Waals surface area contributed by atoms with Crippen molar-refractivity contribution in [3.05, 3.63) is 0 Å². The van der Waals surface area contributed by atoms with Crippen molar-refractivity contribution in [1.82, 2.24) is 4.90 Å². The maximum absolute atomic E-state index is 8.75. The second-order valence-corrected chi connectivity index (χ2v) is 3.64. The first kappa shape index (κ1) is 12.8. The van der Waals surface area contributed by atoms with Crippen LogP contribution < -0.4 is 0 Å². The number of nitrogens with zero attached hydrogens (tertiary/aromatic N) is 1. The summed E-state index contributed by atoms with van der Waals surface area (Å²) >= 11 is 0. The lowest BCUT2D eigenvalue weighted by atomic mass is 10.1. The third-order valence-corrected chi connectivity index (χ3v) is 2.13. The largest absolute Gasteiger partial charge is 0.379 e. The van der Waals surface area contributed by atoms with Crippen LogP contribution in [0.3, 0.4) is 0 Å². The monoisotopic (exact) mass is 195 g/mol. The van der Waals surface area contributed by atoms with Gasteiger partial charge >= 0.3 is 0 Å². The summed E-state index contributed by atoms with van der Waals surface area (Å²) in [6.45, 7) is 9.93. The first-order valence-electron chi connectivity index (χ1n) is 4.97. The van der Waals surface area contributed by atoms with Crippen LogP contribution in [0.15, 0.2) is 0 Å². The van der Waals surface area contributed by atoms with Gasteiger partial charge in [0.25, 0.3) is 1.45 Å². The maximum atomic E-state index is 8.75. The van der Waals surface area contributed by atoms with E-state index in [1.807, 2.05) is 0 Å². The van der Waals surface area contributed by atoms with Crippen LogP contribution in [-0.4, -0.2) is 39.2 Å². The predicted molar refractivity (Wildman–Crippen MR) is 55.9 cm³/mol. The molecule has 1 aliphatic rings. The van der Waals surface area contributed by atoms with Gasteiger partial charge in [0.05, 0.1) is 13.2 Å². The number of rotatable bonds is 3. The van der Waals surface area contributed by atoms with Gasteiger partial charge in [-0.1, -0.05) is 21.3 Å². The summed E-state index contributed by atoms with van der Waals surface area (Å²) in [4.78, 5) is 2.49. The fraction of sp³-hybridized carbons (Fsp3) is 1.00. The molecule has 1 fully saturated rings. The Morgan fingerprint density at radius 1 is 1.38 bits per heavy atom. The molecule has 0 N–H and O–H groups in total. The molecule has 1 saturated heterocycles. The van der Waals surface area contributed by atoms with Crippen molar-refractivity contribution in [2.45, 2.75) is 27.7 Å². The van der Waals surface area contributed by atoms with Crippen LogP contribution in [0.5, 0.6) is 0 Å². The summed E-state index contributed by atoms with van der Waals surface area (Å²) in [5.41, 5.74) is 0. The van der Waals surface area contributed by atoms with Crippen molar-refractivity contribution in [2.24, 2.45) is 5.92 Å². The second kappa shape index (κ2) is 8.45. The van der Waals surface area contributed by atoms with Crippen molar-refractivity contribution in [3.63, 3.8) is 0 Å². The molecule has 0 aliphatic carbocycles. The maximum Gasteiger partial charge on any atom is 0.269 e. The number of morpholine rings is 1. The van der Waals surface area contributed by atoms with E-state index in [9.17, 15) is 0 Å². The van der Waals surface area contributed by atoms with Crippen LogP contribution in [0.1, 0.15) is 27.7 Å².